The fourth-order valence-electron chi connectivity index (χ4n) is 0.892. The van der Waals surface area contributed by atoms with Crippen LogP contribution < -0.4 is 5.32 Å². The zero-order valence-corrected chi connectivity index (χ0v) is 7.44. The summed E-state index contributed by atoms with van der Waals surface area (Å²) in [6.07, 6.45) is 0. The molecule has 0 radical (unpaired) electrons. The van der Waals surface area contributed by atoms with Gasteiger partial charge in [0.2, 0.25) is 5.91 Å². The van der Waals surface area contributed by atoms with E-state index in [-0.39, 0.29) is 0 Å². The van der Waals surface area contributed by atoms with Crippen LogP contribution in [0.5, 0.6) is 0 Å². The van der Waals surface area contributed by atoms with E-state index in [1.165, 1.54) is 6.07 Å². The molecule has 0 saturated heterocycles. The number of halogens is 2. The number of nitrogens with one attached hydrogen (secondary N) is 1. The number of carbonyl (C=O) groups is 1. The van der Waals surface area contributed by atoms with Crippen LogP contribution in [0, 0.1) is 11.6 Å². The maximum absolute atomic E-state index is 13.0. The molecule has 0 fully saturated rings. The quantitative estimate of drug-likeness (QED) is 0.465. The summed E-state index contributed by atoms with van der Waals surface area (Å²) in [5, 5.41) is 4.91. The highest BCUT2D eigenvalue weighted by atomic mass is 19.1. The number of anilines is 1. The summed E-state index contributed by atoms with van der Waals surface area (Å²) in [4.78, 5) is 13.3. The Morgan fingerprint density at radius 1 is 1.47 bits per heavy atom. The Bertz CT molecular complexity index is 408. The lowest BCUT2D eigenvalue weighted by atomic mass is 10.3. The molecule has 78 valence electrons. The lowest BCUT2D eigenvalue weighted by Gasteiger charge is -2.05. The third-order valence-electron chi connectivity index (χ3n) is 1.50. The zero-order chi connectivity index (χ0) is 11.3. The van der Waals surface area contributed by atoms with Crippen LogP contribution in [-0.2, 0) is 4.79 Å². The van der Waals surface area contributed by atoms with Crippen molar-refractivity contribution in [3.63, 3.8) is 0 Å². The summed E-state index contributed by atoms with van der Waals surface area (Å²) >= 11 is 0. The predicted molar refractivity (Wildman–Crippen MR) is 49.0 cm³/mol. The number of azide groups is 1. The first kappa shape index (κ1) is 10.9. The fraction of sp³-hybridized carbons (Fsp3) is 0.125. The molecule has 1 rings (SSSR count). The summed E-state index contributed by atoms with van der Waals surface area (Å²) < 4.78 is 25.9. The topological polar surface area (TPSA) is 77.9 Å². The molecule has 1 aromatic carbocycles. The largest absolute Gasteiger partial charge is 0.321 e. The molecule has 0 aromatic heterocycles. The Labute approximate surface area is 83.3 Å². The molecule has 0 atom stereocenters. The average Bonchev–Trinajstić information content (AvgIpc) is 2.21. The lowest BCUT2D eigenvalue weighted by molar-refractivity contribution is -0.114. The Kier molecular flexibility index (Phi) is 3.59. The predicted octanol–water partition coefficient (Wildman–Crippen LogP) is 2.21. The molecule has 0 heterocycles. The van der Waals surface area contributed by atoms with Crippen molar-refractivity contribution in [1.29, 1.82) is 0 Å². The highest BCUT2D eigenvalue weighted by Gasteiger charge is 2.10. The maximum Gasteiger partial charge on any atom is 0.230 e. The van der Waals surface area contributed by atoms with Crippen molar-refractivity contribution in [3.05, 3.63) is 40.3 Å². The van der Waals surface area contributed by atoms with Crippen LogP contribution in [0.25, 0.3) is 10.4 Å². The number of carbonyl (C=O) groups excluding carboxylic acids is 1. The van der Waals surface area contributed by atoms with Crippen molar-refractivity contribution >= 4 is 11.6 Å². The monoisotopic (exact) mass is 212 g/mol. The molecule has 1 N–H and O–H groups in total. The molecule has 1 amide bonds. The summed E-state index contributed by atoms with van der Waals surface area (Å²) in [5.41, 5.74) is 7.37. The molecule has 7 heteroatoms. The van der Waals surface area contributed by atoms with Crippen molar-refractivity contribution in [2.45, 2.75) is 0 Å². The highest BCUT2D eigenvalue weighted by molar-refractivity contribution is 5.92. The van der Waals surface area contributed by atoms with E-state index in [1.807, 2.05) is 5.32 Å². The van der Waals surface area contributed by atoms with Gasteiger partial charge in [-0.3, -0.25) is 4.79 Å². The van der Waals surface area contributed by atoms with Crippen LogP contribution in [0.4, 0.5) is 14.5 Å². The third-order valence-corrected chi connectivity index (χ3v) is 1.50. The smallest absolute Gasteiger partial charge is 0.230 e. The number of hydrogen-bond donors (Lipinski definition) is 1. The molecule has 0 aliphatic carbocycles. The summed E-state index contributed by atoms with van der Waals surface area (Å²) in [5.74, 6) is -2.55. The van der Waals surface area contributed by atoms with Crippen molar-refractivity contribution in [1.82, 2.24) is 0 Å². The second-order valence-corrected chi connectivity index (χ2v) is 2.53. The minimum Gasteiger partial charge on any atom is -0.321 e. The molecule has 0 bridgehead atoms. The van der Waals surface area contributed by atoms with Crippen LogP contribution in [0.3, 0.4) is 0 Å². The molecule has 15 heavy (non-hydrogen) atoms. The van der Waals surface area contributed by atoms with Crippen molar-refractivity contribution in [2.75, 3.05) is 11.9 Å². The van der Waals surface area contributed by atoms with Crippen molar-refractivity contribution in [3.8, 4) is 0 Å². The number of benzene rings is 1. The Hall–Kier alpha value is -2.14. The number of nitrogens with zero attached hydrogens (tertiary/aromatic N) is 3. The van der Waals surface area contributed by atoms with E-state index >= 15 is 0 Å². The maximum atomic E-state index is 13.0. The second-order valence-electron chi connectivity index (χ2n) is 2.53. The van der Waals surface area contributed by atoms with Crippen LogP contribution in [0.15, 0.2) is 23.3 Å². The van der Waals surface area contributed by atoms with E-state index in [0.717, 1.165) is 12.1 Å². The molecule has 0 saturated carbocycles. The van der Waals surface area contributed by atoms with Gasteiger partial charge < -0.3 is 5.32 Å². The fourth-order valence-corrected chi connectivity index (χ4v) is 0.892. The van der Waals surface area contributed by atoms with Gasteiger partial charge in [0.1, 0.15) is 23.9 Å². The molecule has 0 spiro atoms. The van der Waals surface area contributed by atoms with E-state index in [9.17, 15) is 13.6 Å². The van der Waals surface area contributed by atoms with Crippen LogP contribution >= 0.6 is 0 Å². The van der Waals surface area contributed by atoms with Crippen LogP contribution in [0.1, 0.15) is 0 Å². The minimum atomic E-state index is -0.885. The summed E-state index contributed by atoms with van der Waals surface area (Å²) in [6.45, 7) is -0.510. The standard InChI is InChI=1S/C8H6F2N4O/c9-5-2-1-3-6(10)8(5)13-7(15)4-12-14-11/h1-3H,4H2,(H,13,15). The third kappa shape index (κ3) is 2.92. The number of hydrogen-bond acceptors (Lipinski definition) is 2. The van der Waals surface area contributed by atoms with Gasteiger partial charge in [0.05, 0.1) is 0 Å². The second kappa shape index (κ2) is 4.92. The number of rotatable bonds is 3. The van der Waals surface area contributed by atoms with Crippen molar-refractivity contribution < 1.29 is 13.6 Å². The van der Waals surface area contributed by atoms with Gasteiger partial charge in [0.15, 0.2) is 0 Å². The first-order valence-corrected chi connectivity index (χ1v) is 3.90. The van der Waals surface area contributed by atoms with Gasteiger partial charge in [-0.25, -0.2) is 8.78 Å². The molecule has 0 unspecified atom stereocenters. The molecule has 1 aromatic rings. The summed E-state index contributed by atoms with van der Waals surface area (Å²) in [6, 6.07) is 3.19. The molecule has 0 aliphatic heterocycles. The van der Waals surface area contributed by atoms with Gasteiger partial charge >= 0.3 is 0 Å². The Morgan fingerprint density at radius 2 is 2.07 bits per heavy atom. The Morgan fingerprint density at radius 3 is 2.60 bits per heavy atom. The van der Waals surface area contributed by atoms with Gasteiger partial charge in [-0.1, -0.05) is 11.2 Å². The molecule has 0 aliphatic rings. The lowest BCUT2D eigenvalue weighted by Crippen LogP contribution is -2.16. The van der Waals surface area contributed by atoms with Gasteiger partial charge in [0, 0.05) is 4.91 Å². The van der Waals surface area contributed by atoms with E-state index in [0.29, 0.717) is 0 Å². The van der Waals surface area contributed by atoms with E-state index < -0.39 is 29.8 Å². The molecular formula is C8H6F2N4O. The van der Waals surface area contributed by atoms with E-state index in [4.69, 9.17) is 5.53 Å². The first-order valence-electron chi connectivity index (χ1n) is 3.90. The number of amides is 1. The van der Waals surface area contributed by atoms with Gasteiger partial charge in [0.25, 0.3) is 0 Å². The summed E-state index contributed by atoms with van der Waals surface area (Å²) in [7, 11) is 0. The SMILES string of the molecule is [N-]=[N+]=NCC(=O)Nc1c(F)cccc1F. The van der Waals surface area contributed by atoms with Gasteiger partial charge in [-0.15, -0.1) is 0 Å². The van der Waals surface area contributed by atoms with E-state index in [1.54, 1.807) is 0 Å². The van der Waals surface area contributed by atoms with Crippen LogP contribution in [-0.4, -0.2) is 12.5 Å². The number of para-hydroxylation sites is 1. The van der Waals surface area contributed by atoms with Crippen molar-refractivity contribution in [2.24, 2.45) is 5.11 Å². The normalized spacial score (nSPS) is 9.20. The highest BCUT2D eigenvalue weighted by Crippen LogP contribution is 2.17. The average molecular weight is 212 g/mol. The molecule has 5 nitrogen and oxygen atoms in total. The minimum absolute atomic E-state index is 0.510. The van der Waals surface area contributed by atoms with Crippen LogP contribution in [0.2, 0.25) is 0 Å². The van der Waals surface area contributed by atoms with Gasteiger partial charge in [-0.05, 0) is 17.7 Å². The Balaban J connectivity index is 2.80. The zero-order valence-electron chi connectivity index (χ0n) is 7.44. The van der Waals surface area contributed by atoms with E-state index in [2.05, 4.69) is 10.0 Å². The molecular weight excluding hydrogens is 206 g/mol. The first-order chi connectivity index (χ1) is 7.15. The van der Waals surface area contributed by atoms with Gasteiger partial charge in [-0.2, -0.15) is 0 Å².